The number of amides is 2. The summed E-state index contributed by atoms with van der Waals surface area (Å²) < 4.78 is 5.54. The molecule has 1 aliphatic rings. The van der Waals surface area contributed by atoms with E-state index in [9.17, 15) is 9.59 Å². The molecule has 6 nitrogen and oxygen atoms in total. The fourth-order valence-corrected chi connectivity index (χ4v) is 3.97. The van der Waals surface area contributed by atoms with Crippen molar-refractivity contribution >= 4 is 28.8 Å². The maximum Gasteiger partial charge on any atom is 0.271 e. The van der Waals surface area contributed by atoms with Gasteiger partial charge in [0.1, 0.15) is 16.5 Å². The molecular formula is C22H21N3O3S. The fraction of sp³-hybridized carbons (Fsp3) is 0.227. The molecule has 0 unspecified atom stereocenters. The van der Waals surface area contributed by atoms with E-state index in [1.165, 1.54) is 11.3 Å². The van der Waals surface area contributed by atoms with E-state index in [1.807, 2.05) is 62.4 Å². The molecule has 0 bridgehead atoms. The molecule has 148 valence electrons. The van der Waals surface area contributed by atoms with E-state index in [-0.39, 0.29) is 24.5 Å². The van der Waals surface area contributed by atoms with Gasteiger partial charge in [-0.3, -0.25) is 14.5 Å². The highest BCUT2D eigenvalue weighted by atomic mass is 32.1. The number of benzene rings is 2. The number of fused-ring (bicyclic) bond motifs is 1. The Morgan fingerprint density at radius 1 is 1.28 bits per heavy atom. The first-order chi connectivity index (χ1) is 14.0. The zero-order valence-corrected chi connectivity index (χ0v) is 17.0. The van der Waals surface area contributed by atoms with E-state index in [4.69, 9.17) is 4.74 Å². The van der Waals surface area contributed by atoms with Crippen molar-refractivity contribution in [2.24, 2.45) is 0 Å². The number of ether oxygens (including phenoxy) is 1. The van der Waals surface area contributed by atoms with Gasteiger partial charge in [0.15, 0.2) is 6.61 Å². The Kier molecular flexibility index (Phi) is 5.31. The second kappa shape index (κ2) is 8.05. The second-order valence-corrected chi connectivity index (χ2v) is 7.91. The number of anilines is 1. The molecule has 0 saturated carbocycles. The summed E-state index contributed by atoms with van der Waals surface area (Å²) in [5.41, 5.74) is 3.18. The molecule has 1 aromatic heterocycles. The summed E-state index contributed by atoms with van der Waals surface area (Å²) in [6.45, 7) is 4.23. The van der Waals surface area contributed by atoms with Crippen LogP contribution in [-0.4, -0.2) is 23.4 Å². The molecule has 1 N–H and O–H groups in total. The predicted octanol–water partition coefficient (Wildman–Crippen LogP) is 3.87. The van der Waals surface area contributed by atoms with Gasteiger partial charge >= 0.3 is 0 Å². The van der Waals surface area contributed by atoms with Crippen molar-refractivity contribution < 1.29 is 14.3 Å². The van der Waals surface area contributed by atoms with Crippen molar-refractivity contribution in [1.29, 1.82) is 0 Å². The van der Waals surface area contributed by atoms with Crippen LogP contribution in [0.15, 0.2) is 53.9 Å². The number of aromatic nitrogens is 1. The highest BCUT2D eigenvalue weighted by Crippen LogP contribution is 2.34. The summed E-state index contributed by atoms with van der Waals surface area (Å²) >= 11 is 1.37. The van der Waals surface area contributed by atoms with Gasteiger partial charge in [-0.15, -0.1) is 11.3 Å². The van der Waals surface area contributed by atoms with Crippen LogP contribution in [0.5, 0.6) is 5.75 Å². The van der Waals surface area contributed by atoms with Gasteiger partial charge in [-0.2, -0.15) is 0 Å². The van der Waals surface area contributed by atoms with Crippen molar-refractivity contribution in [3.05, 3.63) is 75.7 Å². The molecule has 4 rings (SSSR count). The van der Waals surface area contributed by atoms with E-state index in [2.05, 4.69) is 10.3 Å². The molecule has 0 fully saturated rings. The third kappa shape index (κ3) is 4.14. The number of aryl methyl sites for hydroxylation is 1. The first-order valence-electron chi connectivity index (χ1n) is 9.35. The van der Waals surface area contributed by atoms with Crippen molar-refractivity contribution in [1.82, 2.24) is 10.3 Å². The third-order valence-corrected chi connectivity index (χ3v) is 5.62. The molecule has 0 spiro atoms. The SMILES string of the molecule is Cc1ccc2c(c1)OCC(=O)N2Cc1nc(C(=O)N[C@@H](C)c2ccccc2)cs1. The number of rotatable bonds is 5. The first kappa shape index (κ1) is 19.1. The summed E-state index contributed by atoms with van der Waals surface area (Å²) in [6.07, 6.45) is 0. The quantitative estimate of drug-likeness (QED) is 0.697. The molecule has 2 amide bonds. The van der Waals surface area contributed by atoms with Crippen LogP contribution in [0.3, 0.4) is 0 Å². The van der Waals surface area contributed by atoms with Crippen LogP contribution >= 0.6 is 11.3 Å². The standard InChI is InChI=1S/C22H21N3O3S/c1-14-8-9-18-19(10-14)28-12-21(26)25(18)11-20-24-17(13-29-20)22(27)23-15(2)16-6-4-3-5-7-16/h3-10,13,15H,11-12H2,1-2H3,(H,23,27)/t15-/m0/s1. The van der Waals surface area contributed by atoms with Gasteiger partial charge in [0, 0.05) is 5.38 Å². The predicted molar refractivity (Wildman–Crippen MR) is 112 cm³/mol. The minimum absolute atomic E-state index is 0.00373. The van der Waals surface area contributed by atoms with Gasteiger partial charge in [0.25, 0.3) is 11.8 Å². The fourth-order valence-electron chi connectivity index (χ4n) is 3.20. The minimum Gasteiger partial charge on any atom is -0.482 e. The number of hydrogen-bond acceptors (Lipinski definition) is 5. The summed E-state index contributed by atoms with van der Waals surface area (Å²) in [7, 11) is 0. The number of nitrogens with one attached hydrogen (secondary N) is 1. The van der Waals surface area contributed by atoms with E-state index in [0.717, 1.165) is 16.8 Å². The number of hydrogen-bond donors (Lipinski definition) is 1. The molecular weight excluding hydrogens is 386 g/mol. The van der Waals surface area contributed by atoms with Gasteiger partial charge in [-0.05, 0) is 37.1 Å². The topological polar surface area (TPSA) is 71.5 Å². The number of thiazole rings is 1. The van der Waals surface area contributed by atoms with Crippen molar-refractivity contribution in [3.63, 3.8) is 0 Å². The molecule has 0 aliphatic carbocycles. The second-order valence-electron chi connectivity index (χ2n) is 6.97. The zero-order valence-electron chi connectivity index (χ0n) is 16.2. The Labute approximate surface area is 173 Å². The summed E-state index contributed by atoms with van der Waals surface area (Å²) in [5.74, 6) is 0.337. The normalized spacial score (nSPS) is 14.1. The summed E-state index contributed by atoms with van der Waals surface area (Å²) in [6, 6.07) is 15.4. The molecule has 2 heterocycles. The molecule has 3 aromatic rings. The van der Waals surface area contributed by atoms with E-state index >= 15 is 0 Å². The van der Waals surface area contributed by atoms with Gasteiger partial charge < -0.3 is 10.1 Å². The highest BCUT2D eigenvalue weighted by Gasteiger charge is 2.27. The summed E-state index contributed by atoms with van der Waals surface area (Å²) in [4.78, 5) is 31.1. The average molecular weight is 407 g/mol. The van der Waals surface area contributed by atoms with Crippen LogP contribution in [0, 0.1) is 6.92 Å². The van der Waals surface area contributed by atoms with Crippen molar-refractivity contribution in [2.75, 3.05) is 11.5 Å². The first-order valence-corrected chi connectivity index (χ1v) is 10.2. The lowest BCUT2D eigenvalue weighted by Gasteiger charge is -2.28. The molecule has 2 aromatic carbocycles. The monoisotopic (exact) mass is 407 g/mol. The van der Waals surface area contributed by atoms with Crippen LogP contribution in [0.1, 0.15) is 39.6 Å². The highest BCUT2D eigenvalue weighted by molar-refractivity contribution is 7.09. The van der Waals surface area contributed by atoms with E-state index < -0.39 is 0 Å². The van der Waals surface area contributed by atoms with Crippen LogP contribution in [0.2, 0.25) is 0 Å². The molecule has 7 heteroatoms. The summed E-state index contributed by atoms with van der Waals surface area (Å²) in [5, 5.41) is 5.39. The lowest BCUT2D eigenvalue weighted by atomic mass is 10.1. The largest absolute Gasteiger partial charge is 0.482 e. The average Bonchev–Trinajstić information content (AvgIpc) is 3.19. The Hall–Kier alpha value is -3.19. The maximum atomic E-state index is 12.6. The maximum absolute atomic E-state index is 12.6. The van der Waals surface area contributed by atoms with Crippen LogP contribution < -0.4 is 15.0 Å². The molecule has 0 radical (unpaired) electrons. The Bertz CT molecular complexity index is 1050. The Morgan fingerprint density at radius 2 is 2.07 bits per heavy atom. The van der Waals surface area contributed by atoms with Crippen molar-refractivity contribution in [3.8, 4) is 5.75 Å². The number of carbonyl (C=O) groups excluding carboxylic acids is 2. The number of carbonyl (C=O) groups is 2. The van der Waals surface area contributed by atoms with Crippen LogP contribution in [0.4, 0.5) is 5.69 Å². The smallest absolute Gasteiger partial charge is 0.271 e. The van der Waals surface area contributed by atoms with Gasteiger partial charge in [-0.1, -0.05) is 36.4 Å². The minimum atomic E-state index is -0.229. The molecule has 29 heavy (non-hydrogen) atoms. The van der Waals surface area contributed by atoms with Gasteiger partial charge in [0.2, 0.25) is 0 Å². The Balaban J connectivity index is 1.47. The molecule has 1 aliphatic heterocycles. The lowest BCUT2D eigenvalue weighted by Crippen LogP contribution is -2.38. The van der Waals surface area contributed by atoms with Gasteiger partial charge in [-0.25, -0.2) is 4.98 Å². The molecule has 1 atom stereocenters. The number of nitrogens with zero attached hydrogens (tertiary/aromatic N) is 2. The zero-order chi connectivity index (χ0) is 20.4. The Morgan fingerprint density at radius 3 is 2.86 bits per heavy atom. The van der Waals surface area contributed by atoms with E-state index in [1.54, 1.807) is 10.3 Å². The van der Waals surface area contributed by atoms with Crippen molar-refractivity contribution in [2.45, 2.75) is 26.4 Å². The van der Waals surface area contributed by atoms with Crippen LogP contribution in [0.25, 0.3) is 0 Å². The van der Waals surface area contributed by atoms with Crippen LogP contribution in [-0.2, 0) is 11.3 Å². The van der Waals surface area contributed by atoms with E-state index in [0.29, 0.717) is 23.0 Å². The van der Waals surface area contributed by atoms with Gasteiger partial charge in [0.05, 0.1) is 18.3 Å². The molecule has 0 saturated heterocycles. The third-order valence-electron chi connectivity index (χ3n) is 4.78. The lowest BCUT2D eigenvalue weighted by molar-refractivity contribution is -0.121.